The molecular weight excluding hydrogens is 428 g/mol. The number of nitrogens with one attached hydrogen (secondary N) is 2. The van der Waals surface area contributed by atoms with Crippen LogP contribution in [0.4, 0.5) is 5.69 Å². The lowest BCUT2D eigenvalue weighted by atomic mass is 10.1. The number of rotatable bonds is 10. The van der Waals surface area contributed by atoms with Gasteiger partial charge in [-0.3, -0.25) is 4.79 Å². The Bertz CT molecular complexity index is 1120. The first-order valence-electron chi connectivity index (χ1n) is 10.2. The molecule has 8 heteroatoms. The zero-order chi connectivity index (χ0) is 23.0. The van der Waals surface area contributed by atoms with Crippen molar-refractivity contribution in [2.24, 2.45) is 0 Å². The van der Waals surface area contributed by atoms with Gasteiger partial charge in [-0.15, -0.1) is 0 Å². The molecule has 0 heterocycles. The van der Waals surface area contributed by atoms with Crippen molar-refractivity contribution >= 4 is 21.6 Å². The predicted octanol–water partition coefficient (Wildman–Crippen LogP) is 3.62. The molecule has 0 bridgehead atoms. The minimum Gasteiger partial charge on any atom is -0.497 e. The largest absolute Gasteiger partial charge is 0.497 e. The number of sulfonamides is 1. The monoisotopic (exact) mass is 454 g/mol. The van der Waals surface area contributed by atoms with E-state index < -0.39 is 22.0 Å². The first-order chi connectivity index (χ1) is 15.4. The highest BCUT2D eigenvalue weighted by Crippen LogP contribution is 2.18. The number of anilines is 1. The van der Waals surface area contributed by atoms with Gasteiger partial charge in [0.2, 0.25) is 15.9 Å². The van der Waals surface area contributed by atoms with Crippen molar-refractivity contribution in [1.29, 1.82) is 0 Å². The van der Waals surface area contributed by atoms with Crippen molar-refractivity contribution in [3.05, 3.63) is 84.4 Å². The minimum atomic E-state index is -3.95. The first kappa shape index (κ1) is 23.3. The summed E-state index contributed by atoms with van der Waals surface area (Å²) < 4.78 is 39.0. The third kappa shape index (κ3) is 6.32. The van der Waals surface area contributed by atoms with Crippen molar-refractivity contribution in [2.45, 2.75) is 24.3 Å². The summed E-state index contributed by atoms with van der Waals surface area (Å²) in [5.41, 5.74) is 1.37. The Morgan fingerprint density at radius 3 is 2.12 bits per heavy atom. The molecule has 0 aromatic heterocycles. The van der Waals surface area contributed by atoms with Crippen molar-refractivity contribution in [2.75, 3.05) is 19.0 Å². The van der Waals surface area contributed by atoms with Crippen molar-refractivity contribution in [3.63, 3.8) is 0 Å². The van der Waals surface area contributed by atoms with Crippen LogP contribution < -0.4 is 19.5 Å². The number of benzene rings is 3. The van der Waals surface area contributed by atoms with Crippen molar-refractivity contribution in [3.8, 4) is 11.5 Å². The van der Waals surface area contributed by atoms with Crippen molar-refractivity contribution < 1.29 is 22.7 Å². The molecule has 1 unspecified atom stereocenters. The van der Waals surface area contributed by atoms with Gasteiger partial charge in [-0.1, -0.05) is 30.3 Å². The summed E-state index contributed by atoms with van der Waals surface area (Å²) in [4.78, 5) is 13.1. The average molecular weight is 455 g/mol. The molecule has 0 aliphatic heterocycles. The number of hydrogen-bond acceptors (Lipinski definition) is 5. The standard InChI is InChI=1S/C24H26N2O5S/c1-3-31-21-13-15-22(16-14-21)32(28,29)26-23(17-18-7-5-4-6-8-18)24(27)25-19-9-11-20(30-2)12-10-19/h4-16,23,26H,3,17H2,1-2H3,(H,25,27). The van der Waals surface area contributed by atoms with E-state index in [1.807, 2.05) is 37.3 Å². The molecule has 7 nitrogen and oxygen atoms in total. The van der Waals surface area contributed by atoms with Crippen LogP contribution in [0, 0.1) is 0 Å². The van der Waals surface area contributed by atoms with Crippen LogP contribution in [0.1, 0.15) is 12.5 Å². The molecule has 1 atom stereocenters. The molecule has 3 aromatic carbocycles. The molecular formula is C24H26N2O5S. The second-order valence-corrected chi connectivity index (χ2v) is 8.70. The van der Waals surface area contributed by atoms with E-state index in [-0.39, 0.29) is 11.3 Å². The highest BCUT2D eigenvalue weighted by Gasteiger charge is 2.26. The van der Waals surface area contributed by atoms with E-state index in [2.05, 4.69) is 10.0 Å². The van der Waals surface area contributed by atoms with Crippen LogP contribution in [-0.2, 0) is 21.2 Å². The van der Waals surface area contributed by atoms with Crippen LogP contribution >= 0.6 is 0 Å². The topological polar surface area (TPSA) is 93.7 Å². The van der Waals surface area contributed by atoms with Gasteiger partial charge in [-0.2, -0.15) is 4.72 Å². The maximum absolute atomic E-state index is 13.0. The van der Waals surface area contributed by atoms with Gasteiger partial charge in [-0.05, 0) is 67.4 Å². The smallest absolute Gasteiger partial charge is 0.242 e. The van der Waals surface area contributed by atoms with E-state index in [1.54, 1.807) is 43.5 Å². The molecule has 3 aromatic rings. The molecule has 0 fully saturated rings. The average Bonchev–Trinajstić information content (AvgIpc) is 2.80. The van der Waals surface area contributed by atoms with Crippen LogP contribution in [-0.4, -0.2) is 34.1 Å². The van der Waals surface area contributed by atoms with Crippen molar-refractivity contribution in [1.82, 2.24) is 4.72 Å². The highest BCUT2D eigenvalue weighted by atomic mass is 32.2. The van der Waals surface area contributed by atoms with E-state index in [0.717, 1.165) is 5.56 Å². The number of amides is 1. The normalized spacial score (nSPS) is 12.1. The van der Waals surface area contributed by atoms with Crippen LogP contribution in [0.2, 0.25) is 0 Å². The molecule has 168 valence electrons. The Hall–Kier alpha value is -3.36. The number of ether oxygens (including phenoxy) is 2. The fourth-order valence-corrected chi connectivity index (χ4v) is 4.27. The fraction of sp³-hybridized carbons (Fsp3) is 0.208. The summed E-state index contributed by atoms with van der Waals surface area (Å²) in [5, 5.41) is 2.77. The zero-order valence-corrected chi connectivity index (χ0v) is 18.8. The van der Waals surface area contributed by atoms with E-state index in [9.17, 15) is 13.2 Å². The van der Waals surface area contributed by atoms with E-state index >= 15 is 0 Å². The Morgan fingerprint density at radius 2 is 1.53 bits per heavy atom. The van der Waals surface area contributed by atoms with Crippen LogP contribution in [0.15, 0.2) is 83.8 Å². The summed E-state index contributed by atoms with van der Waals surface area (Å²) in [6.07, 6.45) is 0.194. The zero-order valence-electron chi connectivity index (χ0n) is 17.9. The second-order valence-electron chi connectivity index (χ2n) is 6.99. The lowest BCUT2D eigenvalue weighted by Crippen LogP contribution is -2.45. The van der Waals surface area contributed by atoms with Gasteiger partial charge in [0.15, 0.2) is 0 Å². The summed E-state index contributed by atoms with van der Waals surface area (Å²) in [7, 11) is -2.39. The molecule has 3 rings (SSSR count). The van der Waals surface area contributed by atoms with E-state index in [1.165, 1.54) is 12.1 Å². The van der Waals surface area contributed by atoms with Gasteiger partial charge < -0.3 is 14.8 Å². The Kier molecular flexibility index (Phi) is 7.86. The second kappa shape index (κ2) is 10.8. The Morgan fingerprint density at radius 1 is 0.906 bits per heavy atom. The minimum absolute atomic E-state index is 0.0521. The molecule has 0 saturated heterocycles. The maximum atomic E-state index is 13.0. The summed E-state index contributed by atoms with van der Waals surface area (Å²) in [6, 6.07) is 21.1. The van der Waals surface area contributed by atoms with Gasteiger partial charge in [0, 0.05) is 5.69 Å². The fourth-order valence-electron chi connectivity index (χ4n) is 3.08. The third-order valence-corrected chi connectivity index (χ3v) is 6.19. The lowest BCUT2D eigenvalue weighted by molar-refractivity contribution is -0.117. The first-order valence-corrected chi connectivity index (χ1v) is 11.6. The van der Waals surface area contributed by atoms with Gasteiger partial charge in [0.05, 0.1) is 18.6 Å². The molecule has 0 aliphatic carbocycles. The quantitative estimate of drug-likeness (QED) is 0.488. The molecule has 2 N–H and O–H groups in total. The highest BCUT2D eigenvalue weighted by molar-refractivity contribution is 7.89. The third-order valence-electron chi connectivity index (χ3n) is 4.70. The van der Waals surface area contributed by atoms with Crippen LogP contribution in [0.3, 0.4) is 0 Å². The number of methoxy groups -OCH3 is 1. The predicted molar refractivity (Wildman–Crippen MR) is 123 cm³/mol. The summed E-state index contributed by atoms with van der Waals surface area (Å²) in [5.74, 6) is 0.762. The SMILES string of the molecule is CCOc1ccc(S(=O)(=O)NC(Cc2ccccc2)C(=O)Nc2ccc(OC)cc2)cc1. The molecule has 32 heavy (non-hydrogen) atoms. The van der Waals surface area contributed by atoms with Gasteiger partial charge >= 0.3 is 0 Å². The van der Waals surface area contributed by atoms with Gasteiger partial charge in [0.25, 0.3) is 0 Å². The van der Waals surface area contributed by atoms with Crippen LogP contribution in [0.5, 0.6) is 11.5 Å². The van der Waals surface area contributed by atoms with Gasteiger partial charge in [0.1, 0.15) is 17.5 Å². The number of carbonyl (C=O) groups excluding carboxylic acids is 1. The molecule has 0 spiro atoms. The lowest BCUT2D eigenvalue weighted by Gasteiger charge is -2.19. The van der Waals surface area contributed by atoms with E-state index in [0.29, 0.717) is 23.8 Å². The molecule has 0 aliphatic rings. The number of carbonyl (C=O) groups is 1. The molecule has 1 amide bonds. The number of hydrogen-bond donors (Lipinski definition) is 2. The van der Waals surface area contributed by atoms with Gasteiger partial charge in [-0.25, -0.2) is 8.42 Å². The summed E-state index contributed by atoms with van der Waals surface area (Å²) >= 11 is 0. The Balaban J connectivity index is 1.81. The molecule has 0 saturated carbocycles. The molecule has 0 radical (unpaired) electrons. The Labute approximate surface area is 188 Å². The van der Waals surface area contributed by atoms with Crippen LogP contribution in [0.25, 0.3) is 0 Å². The van der Waals surface area contributed by atoms with E-state index in [4.69, 9.17) is 9.47 Å². The maximum Gasteiger partial charge on any atom is 0.242 e. The summed E-state index contributed by atoms with van der Waals surface area (Å²) in [6.45, 7) is 2.33.